The number of morpholine rings is 1. The summed E-state index contributed by atoms with van der Waals surface area (Å²) in [7, 11) is 0. The molecule has 0 N–H and O–H groups in total. The number of amides is 1. The average Bonchev–Trinajstić information content (AvgIpc) is 3.14. The van der Waals surface area contributed by atoms with E-state index >= 15 is 0 Å². The molecule has 2 heterocycles. The molecule has 3 aliphatic rings. The van der Waals surface area contributed by atoms with E-state index in [1.54, 1.807) is 6.92 Å². The third-order valence-corrected chi connectivity index (χ3v) is 6.09. The molecule has 1 amide bonds. The Kier molecular flexibility index (Phi) is 6.93. The molecule has 0 radical (unpaired) electrons. The van der Waals surface area contributed by atoms with Gasteiger partial charge in [0.15, 0.2) is 0 Å². The van der Waals surface area contributed by atoms with Crippen molar-refractivity contribution in [3.05, 3.63) is 0 Å². The van der Waals surface area contributed by atoms with Crippen molar-refractivity contribution < 1.29 is 9.53 Å². The zero-order valence-corrected chi connectivity index (χ0v) is 15.4. The topological polar surface area (TPSA) is 36.0 Å². The molecule has 1 saturated carbocycles. The van der Waals surface area contributed by atoms with Crippen LogP contribution in [-0.2, 0) is 9.53 Å². The van der Waals surface area contributed by atoms with Crippen molar-refractivity contribution in [2.45, 2.75) is 64.0 Å². The molecule has 0 bridgehead atoms. The van der Waals surface area contributed by atoms with Gasteiger partial charge in [-0.05, 0) is 38.6 Å². The average molecular weight is 338 g/mol. The highest BCUT2D eigenvalue weighted by Crippen LogP contribution is 2.27. The van der Waals surface area contributed by atoms with Gasteiger partial charge in [0.25, 0.3) is 0 Å². The summed E-state index contributed by atoms with van der Waals surface area (Å²) in [5, 5.41) is 0. The normalized spacial score (nSPS) is 27.5. The zero-order chi connectivity index (χ0) is 16.8. The fourth-order valence-corrected chi connectivity index (χ4v) is 4.73. The fraction of sp³-hybridized carbons (Fsp3) is 0.947. The van der Waals surface area contributed by atoms with Gasteiger partial charge in [0, 0.05) is 51.7 Å². The van der Waals surface area contributed by atoms with Crippen LogP contribution < -0.4 is 0 Å². The molecule has 0 spiro atoms. The second kappa shape index (κ2) is 9.16. The SMILES string of the molecule is CC(=O)N(CCCN1CCOCC1)C1CCCN(C2CCCC2)C1. The van der Waals surface area contributed by atoms with Gasteiger partial charge in [-0.25, -0.2) is 0 Å². The quantitative estimate of drug-likeness (QED) is 0.742. The highest BCUT2D eigenvalue weighted by molar-refractivity contribution is 5.73. The van der Waals surface area contributed by atoms with Gasteiger partial charge in [0.1, 0.15) is 0 Å². The number of nitrogens with zero attached hydrogens (tertiary/aromatic N) is 3. The van der Waals surface area contributed by atoms with Gasteiger partial charge in [-0.1, -0.05) is 12.8 Å². The maximum absolute atomic E-state index is 12.2. The van der Waals surface area contributed by atoms with E-state index in [-0.39, 0.29) is 5.91 Å². The van der Waals surface area contributed by atoms with Gasteiger partial charge in [-0.15, -0.1) is 0 Å². The first-order chi connectivity index (χ1) is 11.7. The minimum absolute atomic E-state index is 0.259. The van der Waals surface area contributed by atoms with Crippen molar-refractivity contribution >= 4 is 5.91 Å². The molecule has 1 unspecified atom stereocenters. The van der Waals surface area contributed by atoms with Crippen molar-refractivity contribution in [3.63, 3.8) is 0 Å². The maximum Gasteiger partial charge on any atom is 0.219 e. The van der Waals surface area contributed by atoms with Gasteiger partial charge in [-0.3, -0.25) is 14.6 Å². The molecule has 0 aromatic rings. The van der Waals surface area contributed by atoms with Crippen molar-refractivity contribution in [2.75, 3.05) is 52.5 Å². The summed E-state index contributed by atoms with van der Waals surface area (Å²) in [6, 6.07) is 1.22. The first-order valence-corrected chi connectivity index (χ1v) is 10.1. The molecule has 1 aliphatic carbocycles. The number of rotatable bonds is 6. The van der Waals surface area contributed by atoms with E-state index in [9.17, 15) is 4.79 Å². The van der Waals surface area contributed by atoms with Gasteiger partial charge < -0.3 is 9.64 Å². The van der Waals surface area contributed by atoms with Crippen LogP contribution >= 0.6 is 0 Å². The van der Waals surface area contributed by atoms with Gasteiger partial charge >= 0.3 is 0 Å². The molecule has 138 valence electrons. The minimum atomic E-state index is 0.259. The number of hydrogen-bond acceptors (Lipinski definition) is 4. The zero-order valence-electron chi connectivity index (χ0n) is 15.4. The van der Waals surface area contributed by atoms with E-state index in [0.717, 1.165) is 58.4 Å². The Morgan fingerprint density at radius 3 is 2.54 bits per heavy atom. The smallest absolute Gasteiger partial charge is 0.219 e. The summed E-state index contributed by atoms with van der Waals surface area (Å²) in [6.45, 7) is 9.89. The van der Waals surface area contributed by atoms with E-state index in [1.807, 2.05) is 0 Å². The number of carbonyl (C=O) groups is 1. The Morgan fingerprint density at radius 2 is 1.83 bits per heavy atom. The molecular weight excluding hydrogens is 302 g/mol. The maximum atomic E-state index is 12.2. The molecule has 3 fully saturated rings. The molecule has 2 saturated heterocycles. The van der Waals surface area contributed by atoms with Crippen LogP contribution in [0.5, 0.6) is 0 Å². The molecule has 2 aliphatic heterocycles. The van der Waals surface area contributed by atoms with Crippen LogP contribution in [0.4, 0.5) is 0 Å². The van der Waals surface area contributed by atoms with Gasteiger partial charge in [-0.2, -0.15) is 0 Å². The third-order valence-electron chi connectivity index (χ3n) is 6.09. The van der Waals surface area contributed by atoms with Crippen molar-refractivity contribution in [1.29, 1.82) is 0 Å². The first kappa shape index (κ1) is 18.2. The van der Waals surface area contributed by atoms with Gasteiger partial charge in [0.05, 0.1) is 13.2 Å². The lowest BCUT2D eigenvalue weighted by Gasteiger charge is -2.41. The highest BCUT2D eigenvalue weighted by Gasteiger charge is 2.31. The van der Waals surface area contributed by atoms with Crippen molar-refractivity contribution in [2.24, 2.45) is 0 Å². The second-order valence-corrected chi connectivity index (χ2v) is 7.75. The number of ether oxygens (including phenoxy) is 1. The molecule has 0 aromatic carbocycles. The van der Waals surface area contributed by atoms with E-state index in [2.05, 4.69) is 14.7 Å². The van der Waals surface area contributed by atoms with Gasteiger partial charge in [0.2, 0.25) is 5.91 Å². The predicted octanol–water partition coefficient (Wildman–Crippen LogP) is 1.96. The van der Waals surface area contributed by atoms with Crippen LogP contribution in [0.25, 0.3) is 0 Å². The van der Waals surface area contributed by atoms with E-state index in [1.165, 1.54) is 45.1 Å². The van der Waals surface area contributed by atoms with Crippen LogP contribution in [0.15, 0.2) is 0 Å². The van der Waals surface area contributed by atoms with Crippen LogP contribution in [0, 0.1) is 0 Å². The number of hydrogen-bond donors (Lipinski definition) is 0. The van der Waals surface area contributed by atoms with Crippen molar-refractivity contribution in [1.82, 2.24) is 14.7 Å². The summed E-state index contributed by atoms with van der Waals surface area (Å²) in [4.78, 5) is 19.5. The summed E-state index contributed by atoms with van der Waals surface area (Å²) in [5.41, 5.74) is 0. The fourth-order valence-electron chi connectivity index (χ4n) is 4.73. The minimum Gasteiger partial charge on any atom is -0.379 e. The second-order valence-electron chi connectivity index (χ2n) is 7.75. The Hall–Kier alpha value is -0.650. The highest BCUT2D eigenvalue weighted by atomic mass is 16.5. The molecule has 0 aromatic heterocycles. The summed E-state index contributed by atoms with van der Waals surface area (Å²) in [5.74, 6) is 0.259. The largest absolute Gasteiger partial charge is 0.379 e. The van der Waals surface area contributed by atoms with Crippen LogP contribution in [0.2, 0.25) is 0 Å². The Bertz CT molecular complexity index is 392. The van der Waals surface area contributed by atoms with Crippen molar-refractivity contribution in [3.8, 4) is 0 Å². The lowest BCUT2D eigenvalue weighted by Crippen LogP contribution is -2.52. The first-order valence-electron chi connectivity index (χ1n) is 10.1. The Labute approximate surface area is 147 Å². The van der Waals surface area contributed by atoms with E-state index in [4.69, 9.17) is 4.74 Å². The molecule has 5 heteroatoms. The number of carbonyl (C=O) groups excluding carboxylic acids is 1. The molecule has 3 rings (SSSR count). The molecule has 1 atom stereocenters. The van der Waals surface area contributed by atoms with E-state index < -0.39 is 0 Å². The monoisotopic (exact) mass is 337 g/mol. The summed E-state index contributed by atoms with van der Waals surface area (Å²) >= 11 is 0. The lowest BCUT2D eigenvalue weighted by molar-refractivity contribution is -0.132. The van der Waals surface area contributed by atoms with Crippen LogP contribution in [0.3, 0.4) is 0 Å². The number of piperidine rings is 1. The summed E-state index contributed by atoms with van der Waals surface area (Å²) < 4.78 is 5.41. The summed E-state index contributed by atoms with van der Waals surface area (Å²) in [6.07, 6.45) is 9.02. The molecule has 24 heavy (non-hydrogen) atoms. The standard InChI is InChI=1S/C19H35N3O2/c1-17(23)22(11-5-9-20-12-14-24-15-13-20)19-8-4-10-21(16-19)18-6-2-3-7-18/h18-19H,2-16H2,1H3. The third kappa shape index (κ3) is 4.93. The Balaban J connectivity index is 1.47. The lowest BCUT2D eigenvalue weighted by atomic mass is 10.0. The molecule has 5 nitrogen and oxygen atoms in total. The van der Waals surface area contributed by atoms with Crippen LogP contribution in [0.1, 0.15) is 51.9 Å². The Morgan fingerprint density at radius 1 is 1.08 bits per heavy atom. The number of likely N-dealkylation sites (tertiary alicyclic amines) is 1. The predicted molar refractivity (Wildman–Crippen MR) is 96.1 cm³/mol. The molecular formula is C19H35N3O2. The van der Waals surface area contributed by atoms with E-state index in [0.29, 0.717) is 6.04 Å². The van der Waals surface area contributed by atoms with Crippen LogP contribution in [-0.4, -0.2) is 85.2 Å².